The third kappa shape index (κ3) is 4.65. The Morgan fingerprint density at radius 1 is 1.40 bits per heavy atom. The Balaban J connectivity index is 0.00000225. The first-order chi connectivity index (χ1) is 11.6. The van der Waals surface area contributed by atoms with Gasteiger partial charge in [0.05, 0.1) is 17.2 Å². The van der Waals surface area contributed by atoms with Crippen LogP contribution in [0.2, 0.25) is 0 Å². The number of aromatic nitrogens is 4. The Kier molecular flexibility index (Phi) is 6.69. The van der Waals surface area contributed by atoms with Crippen LogP contribution in [0.1, 0.15) is 18.6 Å². The molecule has 2 heterocycles. The normalized spacial score (nSPS) is 12.1. The third-order valence-electron chi connectivity index (χ3n) is 3.84. The zero-order valence-electron chi connectivity index (χ0n) is 13.9. The van der Waals surface area contributed by atoms with E-state index >= 15 is 0 Å². The molecule has 0 aliphatic heterocycles. The van der Waals surface area contributed by atoms with Gasteiger partial charge in [0, 0.05) is 29.9 Å². The highest BCUT2D eigenvalue weighted by atomic mass is 79.9. The van der Waals surface area contributed by atoms with E-state index in [1.165, 1.54) is 0 Å². The molecule has 7 nitrogen and oxygen atoms in total. The van der Waals surface area contributed by atoms with Crippen molar-refractivity contribution in [3.05, 3.63) is 51.1 Å². The molecule has 1 unspecified atom stereocenters. The summed E-state index contributed by atoms with van der Waals surface area (Å²) in [4.78, 5) is 21.2. The fourth-order valence-corrected chi connectivity index (χ4v) is 2.72. The van der Waals surface area contributed by atoms with Gasteiger partial charge in [0.1, 0.15) is 0 Å². The summed E-state index contributed by atoms with van der Waals surface area (Å²) < 4.78 is 7.66. The van der Waals surface area contributed by atoms with Crippen molar-refractivity contribution in [2.75, 3.05) is 7.05 Å². The van der Waals surface area contributed by atoms with Crippen LogP contribution in [0.25, 0.3) is 10.9 Å². The van der Waals surface area contributed by atoms with Gasteiger partial charge in [0.15, 0.2) is 5.82 Å². The molecule has 9 heteroatoms. The molecule has 3 aromatic rings. The molecule has 0 radical (unpaired) electrons. The van der Waals surface area contributed by atoms with Gasteiger partial charge in [-0.15, -0.1) is 12.4 Å². The number of aryl methyl sites for hydroxylation is 2. The maximum Gasteiger partial charge on any atom is 0.261 e. The molecule has 0 fully saturated rings. The lowest BCUT2D eigenvalue weighted by atomic mass is 10.2. The first-order valence-electron chi connectivity index (χ1n) is 7.70. The molecular weight excluding hydrogens is 410 g/mol. The number of rotatable bonds is 6. The molecule has 1 atom stereocenters. The van der Waals surface area contributed by atoms with Crippen LogP contribution in [0.5, 0.6) is 0 Å². The van der Waals surface area contributed by atoms with Gasteiger partial charge < -0.3 is 9.84 Å². The second-order valence-corrected chi connectivity index (χ2v) is 6.57. The van der Waals surface area contributed by atoms with Crippen LogP contribution in [-0.4, -0.2) is 32.8 Å². The molecule has 0 spiro atoms. The lowest BCUT2D eigenvalue weighted by Crippen LogP contribution is -2.24. The van der Waals surface area contributed by atoms with Crippen LogP contribution in [0, 0.1) is 0 Å². The second kappa shape index (κ2) is 8.55. The molecular formula is C16H19BrClN5O2. The van der Waals surface area contributed by atoms with Crippen molar-refractivity contribution in [3.63, 3.8) is 0 Å². The lowest BCUT2D eigenvalue weighted by molar-refractivity contribution is 0.364. The standard InChI is InChI=1S/C16H18BrN5O2.ClH/c1-10(18-2)7-14-20-15(24-21-14)5-6-22-9-19-13-4-3-11(17)8-12(13)16(22)23;/h3-4,8-10,18H,5-7H2,1-2H3;1H. The van der Waals surface area contributed by atoms with E-state index in [9.17, 15) is 4.79 Å². The summed E-state index contributed by atoms with van der Waals surface area (Å²) in [6.45, 7) is 2.49. The minimum absolute atomic E-state index is 0. The molecule has 2 aromatic heterocycles. The van der Waals surface area contributed by atoms with Crippen LogP contribution < -0.4 is 10.9 Å². The molecule has 1 N–H and O–H groups in total. The van der Waals surface area contributed by atoms with Crippen molar-refractivity contribution >= 4 is 39.2 Å². The first-order valence-corrected chi connectivity index (χ1v) is 8.49. The van der Waals surface area contributed by atoms with Crippen molar-refractivity contribution in [3.8, 4) is 0 Å². The number of halogens is 2. The van der Waals surface area contributed by atoms with Crippen molar-refractivity contribution in [1.82, 2.24) is 25.0 Å². The molecule has 25 heavy (non-hydrogen) atoms. The van der Waals surface area contributed by atoms with E-state index in [2.05, 4.69) is 43.3 Å². The SMILES string of the molecule is CNC(C)Cc1noc(CCn2cnc3ccc(Br)cc3c2=O)n1.Cl. The van der Waals surface area contributed by atoms with Crippen LogP contribution in [-0.2, 0) is 19.4 Å². The molecule has 0 saturated carbocycles. The zero-order valence-corrected chi connectivity index (χ0v) is 16.3. The number of likely N-dealkylation sites (N-methyl/N-ethyl adjacent to an activating group) is 1. The van der Waals surface area contributed by atoms with E-state index in [1.54, 1.807) is 17.0 Å². The Bertz CT molecular complexity index is 911. The maximum atomic E-state index is 12.5. The number of hydrogen-bond acceptors (Lipinski definition) is 6. The highest BCUT2D eigenvalue weighted by Gasteiger charge is 2.11. The minimum Gasteiger partial charge on any atom is -0.339 e. The van der Waals surface area contributed by atoms with Crippen LogP contribution in [0.15, 0.2) is 38.3 Å². The van der Waals surface area contributed by atoms with Crippen LogP contribution in [0.3, 0.4) is 0 Å². The summed E-state index contributed by atoms with van der Waals surface area (Å²) in [6.07, 6.45) is 2.74. The third-order valence-corrected chi connectivity index (χ3v) is 4.34. The summed E-state index contributed by atoms with van der Waals surface area (Å²) in [5, 5.41) is 7.68. The predicted octanol–water partition coefficient (Wildman–Crippen LogP) is 2.36. The van der Waals surface area contributed by atoms with Crippen LogP contribution in [0.4, 0.5) is 0 Å². The Morgan fingerprint density at radius 3 is 2.96 bits per heavy atom. The van der Waals surface area contributed by atoms with Gasteiger partial charge in [0.25, 0.3) is 5.56 Å². The van der Waals surface area contributed by atoms with E-state index in [0.29, 0.717) is 42.0 Å². The lowest BCUT2D eigenvalue weighted by Gasteiger charge is -2.05. The largest absolute Gasteiger partial charge is 0.339 e. The highest BCUT2D eigenvalue weighted by molar-refractivity contribution is 9.10. The van der Waals surface area contributed by atoms with Crippen molar-refractivity contribution in [1.29, 1.82) is 0 Å². The topological polar surface area (TPSA) is 85.8 Å². The van der Waals surface area contributed by atoms with Gasteiger partial charge in [0.2, 0.25) is 5.89 Å². The molecule has 0 saturated heterocycles. The summed E-state index contributed by atoms with van der Waals surface area (Å²) in [5.74, 6) is 1.19. The average Bonchev–Trinajstić information content (AvgIpc) is 3.02. The highest BCUT2D eigenvalue weighted by Crippen LogP contribution is 2.14. The average molecular weight is 429 g/mol. The molecule has 134 valence electrons. The van der Waals surface area contributed by atoms with Gasteiger partial charge in [-0.05, 0) is 32.2 Å². The number of nitrogens with zero attached hydrogens (tertiary/aromatic N) is 4. The van der Waals surface area contributed by atoms with Gasteiger partial charge >= 0.3 is 0 Å². The minimum atomic E-state index is -0.0788. The van der Waals surface area contributed by atoms with E-state index in [4.69, 9.17) is 4.52 Å². The number of hydrogen-bond donors (Lipinski definition) is 1. The van der Waals surface area contributed by atoms with Crippen molar-refractivity contribution < 1.29 is 4.52 Å². The fourth-order valence-electron chi connectivity index (χ4n) is 2.36. The first kappa shape index (κ1) is 19.6. The number of benzene rings is 1. The smallest absolute Gasteiger partial charge is 0.261 e. The van der Waals surface area contributed by atoms with Gasteiger partial charge in [-0.3, -0.25) is 9.36 Å². The van der Waals surface area contributed by atoms with Crippen molar-refractivity contribution in [2.24, 2.45) is 0 Å². The monoisotopic (exact) mass is 427 g/mol. The Hall–Kier alpha value is -1.77. The molecule has 0 bridgehead atoms. The zero-order chi connectivity index (χ0) is 17.1. The molecule has 0 aliphatic rings. The van der Waals surface area contributed by atoms with Crippen molar-refractivity contribution in [2.45, 2.75) is 32.4 Å². The summed E-state index contributed by atoms with van der Waals surface area (Å²) in [6, 6.07) is 5.75. The Morgan fingerprint density at radius 2 is 2.20 bits per heavy atom. The maximum absolute atomic E-state index is 12.5. The quantitative estimate of drug-likeness (QED) is 0.649. The number of fused-ring (bicyclic) bond motifs is 1. The molecule has 0 aliphatic carbocycles. The summed E-state index contributed by atoms with van der Waals surface area (Å²) >= 11 is 3.38. The second-order valence-electron chi connectivity index (χ2n) is 5.65. The molecule has 0 amide bonds. The van der Waals surface area contributed by atoms with Gasteiger partial charge in [-0.2, -0.15) is 4.98 Å². The van der Waals surface area contributed by atoms with Gasteiger partial charge in [-0.1, -0.05) is 21.1 Å². The molecule has 1 aromatic carbocycles. The van der Waals surface area contributed by atoms with Gasteiger partial charge in [-0.25, -0.2) is 4.98 Å². The van der Waals surface area contributed by atoms with Crippen LogP contribution >= 0.6 is 28.3 Å². The Labute approximate surface area is 159 Å². The number of nitrogens with one attached hydrogen (secondary N) is 1. The summed E-state index contributed by atoms with van der Waals surface area (Å²) in [5.41, 5.74) is 0.602. The van der Waals surface area contributed by atoms with E-state index < -0.39 is 0 Å². The van der Waals surface area contributed by atoms with E-state index in [-0.39, 0.29) is 24.0 Å². The fraction of sp³-hybridized carbons (Fsp3) is 0.375. The summed E-state index contributed by atoms with van der Waals surface area (Å²) in [7, 11) is 1.89. The van der Waals surface area contributed by atoms with E-state index in [0.717, 1.165) is 4.47 Å². The predicted molar refractivity (Wildman–Crippen MR) is 101 cm³/mol. The molecule has 3 rings (SSSR count). The van der Waals surface area contributed by atoms with E-state index in [1.807, 2.05) is 19.2 Å².